The molecule has 2 rings (SSSR count). The van der Waals surface area contributed by atoms with Gasteiger partial charge in [-0.15, -0.1) is 0 Å². The van der Waals surface area contributed by atoms with Gasteiger partial charge in [0, 0.05) is 5.02 Å². The van der Waals surface area contributed by atoms with E-state index in [2.05, 4.69) is 6.07 Å². The average Bonchev–Trinajstić information content (AvgIpc) is 2.87. The minimum atomic E-state index is 0.470. The Morgan fingerprint density at radius 3 is 2.58 bits per heavy atom. The maximum absolute atomic E-state index is 6.31. The summed E-state index contributed by atoms with van der Waals surface area (Å²) in [5.41, 5.74) is 7.49. The molecule has 1 saturated carbocycles. The Bertz CT molecular complexity index is 413. The molecule has 0 aliphatic heterocycles. The van der Waals surface area contributed by atoms with Gasteiger partial charge in [0.05, 0.1) is 7.11 Å². The van der Waals surface area contributed by atoms with Crippen molar-refractivity contribution < 1.29 is 4.74 Å². The highest BCUT2D eigenvalue weighted by molar-refractivity contribution is 6.31. The standard InChI is InChI=1S/C16H24ClNO/c1-19-14-5-4-13(15(17)12-14)6-9-16(10-11-18)7-2-3-8-16/h4-5,12H,2-3,6-11,18H2,1H3. The summed E-state index contributed by atoms with van der Waals surface area (Å²) in [6, 6.07) is 5.98. The van der Waals surface area contributed by atoms with Crippen molar-refractivity contribution in [2.24, 2.45) is 11.1 Å². The van der Waals surface area contributed by atoms with E-state index in [1.54, 1.807) is 7.11 Å². The molecule has 0 radical (unpaired) electrons. The molecule has 0 bridgehead atoms. The topological polar surface area (TPSA) is 35.2 Å². The lowest BCUT2D eigenvalue weighted by atomic mass is 9.77. The summed E-state index contributed by atoms with van der Waals surface area (Å²) < 4.78 is 5.19. The molecule has 0 amide bonds. The van der Waals surface area contributed by atoms with Gasteiger partial charge in [-0.3, -0.25) is 0 Å². The zero-order valence-electron chi connectivity index (χ0n) is 11.8. The Kier molecular flexibility index (Phi) is 5.12. The summed E-state index contributed by atoms with van der Waals surface area (Å²) in [6.45, 7) is 0.802. The van der Waals surface area contributed by atoms with E-state index in [1.807, 2.05) is 12.1 Å². The van der Waals surface area contributed by atoms with Gasteiger partial charge in [-0.05, 0) is 61.8 Å². The minimum absolute atomic E-state index is 0.470. The normalized spacial score (nSPS) is 17.6. The molecule has 1 fully saturated rings. The number of methoxy groups -OCH3 is 1. The highest BCUT2D eigenvalue weighted by Crippen LogP contribution is 2.44. The van der Waals surface area contributed by atoms with E-state index in [4.69, 9.17) is 22.1 Å². The van der Waals surface area contributed by atoms with E-state index < -0.39 is 0 Å². The van der Waals surface area contributed by atoms with Gasteiger partial charge in [0.1, 0.15) is 5.75 Å². The molecule has 0 aromatic heterocycles. The molecule has 1 aromatic carbocycles. The molecule has 2 N–H and O–H groups in total. The van der Waals surface area contributed by atoms with Crippen LogP contribution < -0.4 is 10.5 Å². The lowest BCUT2D eigenvalue weighted by Gasteiger charge is -2.28. The Morgan fingerprint density at radius 2 is 2.00 bits per heavy atom. The molecule has 0 atom stereocenters. The van der Waals surface area contributed by atoms with Crippen molar-refractivity contribution in [3.63, 3.8) is 0 Å². The van der Waals surface area contributed by atoms with Crippen LogP contribution in [0.1, 0.15) is 44.1 Å². The number of halogens is 1. The van der Waals surface area contributed by atoms with Crippen LogP contribution in [0, 0.1) is 5.41 Å². The fraction of sp³-hybridized carbons (Fsp3) is 0.625. The maximum atomic E-state index is 6.31. The predicted octanol–water partition coefficient (Wildman–Crippen LogP) is 4.19. The van der Waals surface area contributed by atoms with E-state index in [1.165, 1.54) is 37.7 Å². The van der Waals surface area contributed by atoms with Gasteiger partial charge < -0.3 is 10.5 Å². The summed E-state index contributed by atoms with van der Waals surface area (Å²) >= 11 is 6.31. The van der Waals surface area contributed by atoms with E-state index in [9.17, 15) is 0 Å². The first-order valence-electron chi connectivity index (χ1n) is 7.22. The van der Waals surface area contributed by atoms with Crippen LogP contribution >= 0.6 is 11.6 Å². The molecule has 3 heteroatoms. The van der Waals surface area contributed by atoms with Gasteiger partial charge in [-0.1, -0.05) is 30.5 Å². The van der Waals surface area contributed by atoms with Gasteiger partial charge in [0.15, 0.2) is 0 Å². The van der Waals surface area contributed by atoms with Crippen molar-refractivity contribution in [3.05, 3.63) is 28.8 Å². The molecule has 1 aliphatic carbocycles. The van der Waals surface area contributed by atoms with E-state index in [0.717, 1.165) is 30.2 Å². The number of hydrogen-bond acceptors (Lipinski definition) is 2. The molecule has 0 unspecified atom stereocenters. The Morgan fingerprint density at radius 1 is 1.26 bits per heavy atom. The molecular formula is C16H24ClNO. The van der Waals surface area contributed by atoms with Crippen molar-refractivity contribution in [1.82, 2.24) is 0 Å². The summed E-state index contributed by atoms with van der Waals surface area (Å²) in [5, 5.41) is 0.820. The molecule has 0 spiro atoms. The minimum Gasteiger partial charge on any atom is -0.497 e. The number of ether oxygens (including phenoxy) is 1. The van der Waals surface area contributed by atoms with Crippen LogP contribution in [-0.4, -0.2) is 13.7 Å². The van der Waals surface area contributed by atoms with Gasteiger partial charge in [-0.2, -0.15) is 0 Å². The second-order valence-electron chi connectivity index (χ2n) is 5.70. The fourth-order valence-corrected chi connectivity index (χ4v) is 3.58. The van der Waals surface area contributed by atoms with E-state index >= 15 is 0 Å². The average molecular weight is 282 g/mol. The Labute approximate surface area is 121 Å². The molecule has 2 nitrogen and oxygen atoms in total. The third kappa shape index (κ3) is 3.64. The lowest BCUT2D eigenvalue weighted by molar-refractivity contribution is 0.253. The third-order valence-electron chi connectivity index (χ3n) is 4.52. The zero-order valence-corrected chi connectivity index (χ0v) is 12.5. The van der Waals surface area contributed by atoms with Crippen LogP contribution in [0.15, 0.2) is 18.2 Å². The molecule has 0 saturated heterocycles. The van der Waals surface area contributed by atoms with E-state index in [-0.39, 0.29) is 0 Å². The maximum Gasteiger partial charge on any atom is 0.120 e. The summed E-state index contributed by atoms with van der Waals surface area (Å²) in [5.74, 6) is 0.825. The predicted molar refractivity (Wildman–Crippen MR) is 80.9 cm³/mol. The number of rotatable bonds is 6. The van der Waals surface area contributed by atoms with Crippen LogP contribution in [-0.2, 0) is 6.42 Å². The first kappa shape index (κ1) is 14.7. The number of aryl methyl sites for hydroxylation is 1. The molecule has 106 valence electrons. The largest absolute Gasteiger partial charge is 0.497 e. The second-order valence-corrected chi connectivity index (χ2v) is 6.11. The van der Waals surface area contributed by atoms with Gasteiger partial charge in [0.25, 0.3) is 0 Å². The first-order chi connectivity index (χ1) is 9.19. The summed E-state index contributed by atoms with van der Waals surface area (Å²) in [4.78, 5) is 0. The third-order valence-corrected chi connectivity index (χ3v) is 4.88. The molecule has 1 aliphatic rings. The van der Waals surface area contributed by atoms with Crippen molar-refractivity contribution in [2.75, 3.05) is 13.7 Å². The second kappa shape index (κ2) is 6.62. The highest BCUT2D eigenvalue weighted by Gasteiger charge is 2.32. The Hall–Kier alpha value is -0.730. The first-order valence-corrected chi connectivity index (χ1v) is 7.59. The number of benzene rings is 1. The quantitative estimate of drug-likeness (QED) is 0.848. The molecule has 1 aromatic rings. The fourth-order valence-electron chi connectivity index (χ4n) is 3.31. The van der Waals surface area contributed by atoms with Crippen molar-refractivity contribution in [3.8, 4) is 5.75 Å². The summed E-state index contributed by atoms with van der Waals surface area (Å²) in [6.07, 6.45) is 8.78. The smallest absolute Gasteiger partial charge is 0.120 e. The Balaban J connectivity index is 2.01. The van der Waals surface area contributed by atoms with Crippen molar-refractivity contribution in [2.45, 2.75) is 44.9 Å². The monoisotopic (exact) mass is 281 g/mol. The van der Waals surface area contributed by atoms with Gasteiger partial charge >= 0.3 is 0 Å². The van der Waals surface area contributed by atoms with E-state index in [0.29, 0.717) is 5.41 Å². The SMILES string of the molecule is COc1ccc(CCC2(CCN)CCCC2)c(Cl)c1. The van der Waals surface area contributed by atoms with Crippen molar-refractivity contribution in [1.29, 1.82) is 0 Å². The lowest BCUT2D eigenvalue weighted by Crippen LogP contribution is -2.21. The van der Waals surface area contributed by atoms with Gasteiger partial charge in [0.2, 0.25) is 0 Å². The van der Waals surface area contributed by atoms with Crippen LogP contribution in [0.4, 0.5) is 0 Å². The molecular weight excluding hydrogens is 258 g/mol. The molecule has 19 heavy (non-hydrogen) atoms. The van der Waals surface area contributed by atoms with Crippen LogP contribution in [0.3, 0.4) is 0 Å². The van der Waals surface area contributed by atoms with Crippen LogP contribution in [0.2, 0.25) is 5.02 Å². The van der Waals surface area contributed by atoms with Crippen molar-refractivity contribution >= 4 is 11.6 Å². The van der Waals surface area contributed by atoms with Crippen LogP contribution in [0.25, 0.3) is 0 Å². The molecule has 0 heterocycles. The summed E-state index contributed by atoms with van der Waals surface area (Å²) in [7, 11) is 1.67. The highest BCUT2D eigenvalue weighted by atomic mass is 35.5. The number of nitrogens with two attached hydrogens (primary N) is 1. The number of hydrogen-bond donors (Lipinski definition) is 1. The zero-order chi connectivity index (χ0) is 13.7. The van der Waals surface area contributed by atoms with Gasteiger partial charge in [-0.25, -0.2) is 0 Å². The van der Waals surface area contributed by atoms with Crippen LogP contribution in [0.5, 0.6) is 5.75 Å².